The smallest absolute Gasteiger partial charge is 0.417 e. The fourth-order valence-electron chi connectivity index (χ4n) is 4.35. The lowest BCUT2D eigenvalue weighted by Crippen LogP contribution is -2.66. The third-order valence-electron chi connectivity index (χ3n) is 7.39. The molecule has 9 heteroatoms. The molecule has 0 aromatic heterocycles. The average Bonchev–Trinajstić information content (AvgIpc) is 3.16. The number of benzene rings is 2. The summed E-state index contributed by atoms with van der Waals surface area (Å²) in [6, 6.07) is 19.2. The number of rotatable bonds is 9. The molecule has 7 nitrogen and oxygen atoms in total. The standard InChI is InChI=1S/C30H45NO6Si2/c1-10-34-39(23-17-13-11-14-18-23,24-19-15-12-16-20-24)37-26-21-27(32)31(28(33)36-29(2,3)4)25(26)22-35-38(8,9)30(5,6)7/h11-20,25-26H,10,21-22H2,1-9H3/t25-,26+/m1/s1. The molecule has 2 aromatic carbocycles. The number of carbonyl (C=O) groups excluding carboxylic acids is 2. The van der Waals surface area contributed by atoms with Crippen LogP contribution in [0.5, 0.6) is 0 Å². The lowest BCUT2D eigenvalue weighted by atomic mass is 10.2. The molecule has 1 fully saturated rings. The Hall–Kier alpha value is -2.31. The lowest BCUT2D eigenvalue weighted by Gasteiger charge is -2.40. The molecule has 3 rings (SSSR count). The predicted molar refractivity (Wildman–Crippen MR) is 159 cm³/mol. The van der Waals surface area contributed by atoms with E-state index < -0.39 is 40.7 Å². The molecule has 0 saturated carbocycles. The van der Waals surface area contributed by atoms with Crippen LogP contribution in [-0.2, 0) is 22.8 Å². The Balaban J connectivity index is 2.08. The minimum Gasteiger partial charge on any atom is -0.443 e. The van der Waals surface area contributed by atoms with E-state index in [9.17, 15) is 9.59 Å². The number of hydrogen-bond acceptors (Lipinski definition) is 6. The number of carbonyl (C=O) groups is 2. The highest BCUT2D eigenvalue weighted by molar-refractivity contribution is 6.92. The molecule has 0 unspecified atom stereocenters. The molecule has 1 heterocycles. The number of nitrogens with zero attached hydrogens (tertiary/aromatic N) is 1. The second-order valence-electron chi connectivity index (χ2n) is 12.5. The fraction of sp³-hybridized carbons (Fsp3) is 0.533. The van der Waals surface area contributed by atoms with Crippen LogP contribution in [0.3, 0.4) is 0 Å². The summed E-state index contributed by atoms with van der Waals surface area (Å²) in [5.41, 5.74) is -0.751. The van der Waals surface area contributed by atoms with Crippen molar-refractivity contribution in [3.63, 3.8) is 0 Å². The van der Waals surface area contributed by atoms with Crippen LogP contribution in [-0.4, -0.2) is 64.7 Å². The van der Waals surface area contributed by atoms with Crippen LogP contribution < -0.4 is 10.4 Å². The highest BCUT2D eigenvalue weighted by atomic mass is 28.4. The van der Waals surface area contributed by atoms with Gasteiger partial charge in [0.1, 0.15) is 5.60 Å². The molecule has 2 aromatic rings. The summed E-state index contributed by atoms with van der Waals surface area (Å²) >= 11 is 0. The van der Waals surface area contributed by atoms with Gasteiger partial charge in [-0.3, -0.25) is 4.79 Å². The van der Waals surface area contributed by atoms with Gasteiger partial charge in [0, 0.05) is 6.61 Å². The van der Waals surface area contributed by atoms with Crippen molar-refractivity contribution in [1.82, 2.24) is 4.90 Å². The number of imide groups is 1. The lowest BCUT2D eigenvalue weighted by molar-refractivity contribution is -0.128. The summed E-state index contributed by atoms with van der Waals surface area (Å²) in [6.45, 7) is 18.7. The van der Waals surface area contributed by atoms with E-state index in [1.165, 1.54) is 4.90 Å². The monoisotopic (exact) mass is 571 g/mol. The van der Waals surface area contributed by atoms with Crippen LogP contribution in [0, 0.1) is 0 Å². The van der Waals surface area contributed by atoms with Crippen LogP contribution in [0.25, 0.3) is 0 Å². The van der Waals surface area contributed by atoms with Gasteiger partial charge >= 0.3 is 14.7 Å². The third kappa shape index (κ3) is 7.26. The molecule has 1 saturated heterocycles. The first-order valence-electron chi connectivity index (χ1n) is 13.7. The van der Waals surface area contributed by atoms with Gasteiger partial charge in [0.25, 0.3) is 0 Å². The van der Waals surface area contributed by atoms with Gasteiger partial charge in [-0.05, 0) is 56.2 Å². The first-order valence-corrected chi connectivity index (χ1v) is 18.5. The number of hydrogen-bond donors (Lipinski definition) is 0. The Bertz CT molecular complexity index is 1070. The molecule has 0 aliphatic carbocycles. The van der Waals surface area contributed by atoms with Crippen LogP contribution in [0.4, 0.5) is 4.79 Å². The van der Waals surface area contributed by atoms with Gasteiger partial charge in [-0.2, -0.15) is 0 Å². The second kappa shape index (κ2) is 12.1. The minimum absolute atomic E-state index is 0.0340. The molecule has 2 atom stereocenters. The maximum atomic E-state index is 13.4. The largest absolute Gasteiger partial charge is 0.443 e. The van der Waals surface area contributed by atoms with Crippen LogP contribution in [0.15, 0.2) is 60.7 Å². The van der Waals surface area contributed by atoms with Gasteiger partial charge in [-0.1, -0.05) is 81.4 Å². The number of ether oxygens (including phenoxy) is 1. The van der Waals surface area contributed by atoms with E-state index in [-0.39, 0.29) is 24.0 Å². The zero-order valence-electron chi connectivity index (χ0n) is 24.9. The van der Waals surface area contributed by atoms with E-state index in [1.807, 2.05) is 67.6 Å². The molecule has 0 radical (unpaired) electrons. The molecule has 0 N–H and O–H groups in total. The van der Waals surface area contributed by atoms with Crippen molar-refractivity contribution >= 4 is 39.3 Å². The summed E-state index contributed by atoms with van der Waals surface area (Å²) in [6.07, 6.45) is -1.27. The fourth-order valence-corrected chi connectivity index (χ4v) is 8.72. The summed E-state index contributed by atoms with van der Waals surface area (Å²) in [5, 5.41) is 1.83. The van der Waals surface area contributed by atoms with E-state index in [0.29, 0.717) is 6.61 Å². The normalized spacial score (nSPS) is 18.9. The van der Waals surface area contributed by atoms with E-state index in [4.69, 9.17) is 18.0 Å². The summed E-state index contributed by atoms with van der Waals surface area (Å²) in [7, 11) is -5.48. The van der Waals surface area contributed by atoms with E-state index in [0.717, 1.165) is 10.4 Å². The summed E-state index contributed by atoms with van der Waals surface area (Å²) < 4.78 is 25.8. The Morgan fingerprint density at radius 3 is 1.85 bits per heavy atom. The van der Waals surface area contributed by atoms with E-state index in [1.54, 1.807) is 20.8 Å². The molecule has 1 aliphatic heterocycles. The average molecular weight is 572 g/mol. The van der Waals surface area contributed by atoms with Crippen molar-refractivity contribution in [2.24, 2.45) is 0 Å². The highest BCUT2D eigenvalue weighted by Gasteiger charge is 2.53. The Morgan fingerprint density at radius 1 is 0.897 bits per heavy atom. The van der Waals surface area contributed by atoms with Gasteiger partial charge in [0.15, 0.2) is 8.32 Å². The van der Waals surface area contributed by atoms with Crippen molar-refractivity contribution in [1.29, 1.82) is 0 Å². The first-order chi connectivity index (χ1) is 18.1. The first kappa shape index (κ1) is 31.2. The molecule has 1 aliphatic rings. The van der Waals surface area contributed by atoms with E-state index in [2.05, 4.69) is 33.9 Å². The Morgan fingerprint density at radius 2 is 1.41 bits per heavy atom. The molecular weight excluding hydrogens is 527 g/mol. The minimum atomic E-state index is -3.28. The molecule has 2 amide bonds. The van der Waals surface area contributed by atoms with Gasteiger partial charge in [0.05, 0.1) is 25.2 Å². The van der Waals surface area contributed by atoms with E-state index >= 15 is 0 Å². The number of likely N-dealkylation sites (tertiary alicyclic amines) is 1. The number of amides is 2. The van der Waals surface area contributed by atoms with Gasteiger partial charge < -0.3 is 18.0 Å². The highest BCUT2D eigenvalue weighted by Crippen LogP contribution is 2.38. The van der Waals surface area contributed by atoms with Crippen molar-refractivity contribution < 1.29 is 27.6 Å². The molecule has 214 valence electrons. The van der Waals surface area contributed by atoms with Crippen LogP contribution in [0.1, 0.15) is 54.9 Å². The summed E-state index contributed by atoms with van der Waals surface area (Å²) in [4.78, 5) is 28.0. The van der Waals surface area contributed by atoms with Gasteiger partial charge in [-0.15, -0.1) is 0 Å². The zero-order valence-corrected chi connectivity index (χ0v) is 26.9. The topological polar surface area (TPSA) is 74.3 Å². The summed E-state index contributed by atoms with van der Waals surface area (Å²) in [5.74, 6) is -0.335. The van der Waals surface area contributed by atoms with Crippen molar-refractivity contribution in [3.8, 4) is 0 Å². The predicted octanol–water partition coefficient (Wildman–Crippen LogP) is 5.22. The molecular formula is C30H45NO6Si2. The molecule has 0 bridgehead atoms. The van der Waals surface area contributed by atoms with Crippen LogP contribution in [0.2, 0.25) is 18.1 Å². The Labute approximate surface area is 236 Å². The van der Waals surface area contributed by atoms with Crippen molar-refractivity contribution in [2.75, 3.05) is 13.2 Å². The maximum Gasteiger partial charge on any atom is 0.417 e. The second-order valence-corrected chi connectivity index (χ2v) is 20.2. The van der Waals surface area contributed by atoms with Crippen molar-refractivity contribution in [3.05, 3.63) is 60.7 Å². The maximum absolute atomic E-state index is 13.4. The van der Waals surface area contributed by atoms with Gasteiger partial charge in [0.2, 0.25) is 5.91 Å². The van der Waals surface area contributed by atoms with Crippen LogP contribution >= 0.6 is 0 Å². The molecule has 0 spiro atoms. The quantitative estimate of drug-likeness (QED) is 0.384. The zero-order chi connectivity index (χ0) is 29.1. The Kier molecular flexibility index (Phi) is 9.65. The SMILES string of the molecule is CCO[Si](O[C@H]1CC(=O)N(C(=O)OC(C)(C)C)[C@@H]1CO[Si](C)(C)C(C)(C)C)(c1ccccc1)c1ccccc1. The van der Waals surface area contributed by atoms with Gasteiger partial charge in [-0.25, -0.2) is 9.69 Å². The molecule has 39 heavy (non-hydrogen) atoms. The third-order valence-corrected chi connectivity index (χ3v) is 15.4. The van der Waals surface area contributed by atoms with Crippen molar-refractivity contribution in [2.45, 2.75) is 90.8 Å².